The van der Waals surface area contributed by atoms with E-state index < -0.39 is 10.0 Å². The van der Waals surface area contributed by atoms with E-state index >= 15 is 0 Å². The number of aryl methyl sites for hydroxylation is 3. The van der Waals surface area contributed by atoms with Crippen LogP contribution in [0.4, 0.5) is 0 Å². The first-order valence-corrected chi connectivity index (χ1v) is 10.7. The summed E-state index contributed by atoms with van der Waals surface area (Å²) in [6.45, 7) is 6.71. The lowest BCUT2D eigenvalue weighted by Gasteiger charge is -2.32. The van der Waals surface area contributed by atoms with Crippen molar-refractivity contribution in [1.82, 2.24) is 9.62 Å². The molecule has 0 aromatic heterocycles. The highest BCUT2D eigenvalue weighted by Gasteiger charge is 2.28. The molecule has 1 saturated heterocycles. The monoisotopic (exact) mass is 386 g/mol. The van der Waals surface area contributed by atoms with E-state index in [2.05, 4.69) is 4.72 Å². The number of hydrogen-bond acceptors (Lipinski definition) is 3. The number of benzene rings is 2. The summed E-state index contributed by atoms with van der Waals surface area (Å²) in [6, 6.07) is 12.8. The number of piperidine rings is 1. The van der Waals surface area contributed by atoms with Crippen LogP contribution >= 0.6 is 0 Å². The number of hydrogen-bond donors (Lipinski definition) is 1. The van der Waals surface area contributed by atoms with Crippen molar-refractivity contribution in [3.63, 3.8) is 0 Å². The van der Waals surface area contributed by atoms with Crippen molar-refractivity contribution in [2.24, 2.45) is 0 Å². The van der Waals surface area contributed by atoms with Crippen LogP contribution < -0.4 is 4.72 Å². The Bertz CT molecular complexity index is 946. The largest absolute Gasteiger partial charge is 0.339 e. The van der Waals surface area contributed by atoms with E-state index in [4.69, 9.17) is 0 Å². The molecule has 0 bridgehead atoms. The Kier molecular flexibility index (Phi) is 5.67. The maximum Gasteiger partial charge on any atom is 0.254 e. The van der Waals surface area contributed by atoms with Gasteiger partial charge in [-0.2, -0.15) is 0 Å². The van der Waals surface area contributed by atoms with Gasteiger partial charge in [-0.05, 0) is 62.4 Å². The molecule has 2 aromatic rings. The van der Waals surface area contributed by atoms with Crippen LogP contribution in [0, 0.1) is 20.8 Å². The number of rotatable bonds is 4. The van der Waals surface area contributed by atoms with Crippen LogP contribution in [-0.4, -0.2) is 38.4 Å². The minimum Gasteiger partial charge on any atom is -0.339 e. The first-order chi connectivity index (χ1) is 12.8. The molecule has 1 N–H and O–H groups in total. The summed E-state index contributed by atoms with van der Waals surface area (Å²) in [5.74, 6) is 0.0175. The van der Waals surface area contributed by atoms with Gasteiger partial charge in [0.1, 0.15) is 0 Å². The quantitative estimate of drug-likeness (QED) is 0.877. The summed E-state index contributed by atoms with van der Waals surface area (Å²) in [6.07, 6.45) is 1.23. The molecule has 0 radical (unpaired) electrons. The standard InChI is InChI=1S/C21H26N2O3S/c1-15-8-9-17(3)20(14-15)27(25,26)22-18-10-12-23(13-11-18)21(24)19-7-5-4-6-16(19)2/h4-9,14,18,22H,10-13H2,1-3H3. The zero-order chi connectivity index (χ0) is 19.6. The highest BCUT2D eigenvalue weighted by molar-refractivity contribution is 7.89. The Balaban J connectivity index is 1.65. The summed E-state index contributed by atoms with van der Waals surface area (Å²) in [5, 5.41) is 0. The first-order valence-electron chi connectivity index (χ1n) is 9.22. The van der Waals surface area contributed by atoms with Crippen LogP contribution in [0.25, 0.3) is 0 Å². The van der Waals surface area contributed by atoms with Crippen molar-refractivity contribution >= 4 is 15.9 Å². The molecule has 0 aliphatic carbocycles. The summed E-state index contributed by atoms with van der Waals surface area (Å²) < 4.78 is 28.4. The van der Waals surface area contributed by atoms with Gasteiger partial charge in [-0.25, -0.2) is 13.1 Å². The van der Waals surface area contributed by atoms with Crippen molar-refractivity contribution in [2.75, 3.05) is 13.1 Å². The zero-order valence-electron chi connectivity index (χ0n) is 16.0. The average Bonchev–Trinajstić information content (AvgIpc) is 2.64. The van der Waals surface area contributed by atoms with E-state index in [-0.39, 0.29) is 11.9 Å². The predicted octanol–water partition coefficient (Wildman–Crippen LogP) is 3.19. The van der Waals surface area contributed by atoms with Gasteiger partial charge in [-0.3, -0.25) is 4.79 Å². The van der Waals surface area contributed by atoms with Gasteiger partial charge in [-0.1, -0.05) is 30.3 Å². The van der Waals surface area contributed by atoms with E-state index in [0.717, 1.165) is 16.7 Å². The van der Waals surface area contributed by atoms with Gasteiger partial charge in [0.15, 0.2) is 0 Å². The maximum absolute atomic E-state index is 12.8. The Hall–Kier alpha value is -2.18. The lowest BCUT2D eigenvalue weighted by Crippen LogP contribution is -2.46. The maximum atomic E-state index is 12.8. The predicted molar refractivity (Wildman–Crippen MR) is 106 cm³/mol. The molecule has 5 nitrogen and oxygen atoms in total. The highest BCUT2D eigenvalue weighted by Crippen LogP contribution is 2.20. The summed E-state index contributed by atoms with van der Waals surface area (Å²) in [5.41, 5.74) is 3.33. The third-order valence-electron chi connectivity index (χ3n) is 5.11. The Labute approximate surface area is 161 Å². The van der Waals surface area contributed by atoms with Gasteiger partial charge in [0.05, 0.1) is 4.90 Å². The zero-order valence-corrected chi connectivity index (χ0v) is 16.8. The molecule has 144 valence electrons. The Morgan fingerprint density at radius 1 is 1.00 bits per heavy atom. The van der Waals surface area contributed by atoms with E-state index in [0.29, 0.717) is 36.4 Å². The fourth-order valence-electron chi connectivity index (χ4n) is 3.46. The van der Waals surface area contributed by atoms with Gasteiger partial charge >= 0.3 is 0 Å². The van der Waals surface area contributed by atoms with Gasteiger partial charge in [0, 0.05) is 24.7 Å². The molecule has 2 aromatic carbocycles. The second kappa shape index (κ2) is 7.82. The molecule has 27 heavy (non-hydrogen) atoms. The molecular weight excluding hydrogens is 360 g/mol. The SMILES string of the molecule is Cc1ccc(C)c(S(=O)(=O)NC2CCN(C(=O)c3ccccc3C)CC2)c1. The molecule has 1 amide bonds. The van der Waals surface area contributed by atoms with Crippen molar-refractivity contribution in [3.8, 4) is 0 Å². The molecule has 1 aliphatic rings. The normalized spacial score (nSPS) is 15.7. The van der Waals surface area contributed by atoms with Crippen molar-refractivity contribution in [1.29, 1.82) is 0 Å². The Morgan fingerprint density at radius 2 is 1.67 bits per heavy atom. The smallest absolute Gasteiger partial charge is 0.254 e. The molecular formula is C21H26N2O3S. The van der Waals surface area contributed by atoms with Crippen molar-refractivity contribution < 1.29 is 13.2 Å². The van der Waals surface area contributed by atoms with Gasteiger partial charge in [0.2, 0.25) is 10.0 Å². The minimum absolute atomic E-state index is 0.0175. The second-order valence-electron chi connectivity index (χ2n) is 7.27. The van der Waals surface area contributed by atoms with Crippen LogP contribution in [0.3, 0.4) is 0 Å². The molecule has 0 atom stereocenters. The minimum atomic E-state index is -3.56. The number of nitrogens with zero attached hydrogens (tertiary/aromatic N) is 1. The molecule has 0 spiro atoms. The molecule has 0 saturated carbocycles. The number of amides is 1. The van der Waals surface area contributed by atoms with Gasteiger partial charge in [0.25, 0.3) is 5.91 Å². The summed E-state index contributed by atoms with van der Waals surface area (Å²) >= 11 is 0. The van der Waals surface area contributed by atoms with Crippen LogP contribution in [0.15, 0.2) is 47.4 Å². The van der Waals surface area contributed by atoms with E-state index in [1.807, 2.05) is 55.1 Å². The molecule has 1 aliphatic heterocycles. The second-order valence-corrected chi connectivity index (χ2v) is 8.95. The number of sulfonamides is 1. The topological polar surface area (TPSA) is 66.5 Å². The number of nitrogens with one attached hydrogen (secondary N) is 1. The fraction of sp³-hybridized carbons (Fsp3) is 0.381. The van der Waals surface area contributed by atoms with Crippen LogP contribution in [0.2, 0.25) is 0 Å². The van der Waals surface area contributed by atoms with Gasteiger partial charge in [-0.15, -0.1) is 0 Å². The van der Waals surface area contributed by atoms with Crippen LogP contribution in [-0.2, 0) is 10.0 Å². The fourth-order valence-corrected chi connectivity index (χ4v) is 5.10. The molecule has 1 heterocycles. The summed E-state index contributed by atoms with van der Waals surface area (Å²) in [4.78, 5) is 14.8. The first kappa shape index (κ1) is 19.6. The molecule has 3 rings (SSSR count). The van der Waals surface area contributed by atoms with E-state index in [1.165, 1.54) is 0 Å². The van der Waals surface area contributed by atoms with Crippen LogP contribution in [0.5, 0.6) is 0 Å². The molecule has 6 heteroatoms. The lowest BCUT2D eigenvalue weighted by atomic mass is 10.0. The van der Waals surface area contributed by atoms with E-state index in [1.54, 1.807) is 13.0 Å². The third-order valence-corrected chi connectivity index (χ3v) is 6.78. The Morgan fingerprint density at radius 3 is 2.33 bits per heavy atom. The van der Waals surface area contributed by atoms with Crippen molar-refractivity contribution in [3.05, 3.63) is 64.7 Å². The average molecular weight is 387 g/mol. The van der Waals surface area contributed by atoms with Crippen LogP contribution in [0.1, 0.15) is 39.9 Å². The highest BCUT2D eigenvalue weighted by atomic mass is 32.2. The molecule has 1 fully saturated rings. The van der Waals surface area contributed by atoms with Gasteiger partial charge < -0.3 is 4.90 Å². The van der Waals surface area contributed by atoms with Crippen molar-refractivity contribution in [2.45, 2.75) is 44.6 Å². The third kappa shape index (κ3) is 4.39. The number of likely N-dealkylation sites (tertiary alicyclic amines) is 1. The lowest BCUT2D eigenvalue weighted by molar-refractivity contribution is 0.0710. The van der Waals surface area contributed by atoms with E-state index in [9.17, 15) is 13.2 Å². The number of carbonyl (C=O) groups is 1. The summed E-state index contributed by atoms with van der Waals surface area (Å²) in [7, 11) is -3.56. The molecule has 0 unspecified atom stereocenters. The number of carbonyl (C=O) groups excluding carboxylic acids is 1.